The zero-order chi connectivity index (χ0) is 17.1. The molecule has 0 radical (unpaired) electrons. The Labute approximate surface area is 150 Å². The standard InChI is InChI=1S/C19H20N2OS2/c1-13-8-9-14(2)17(10-13)23-12-19(22)21(3)11-18-20-15-6-4-5-7-16(15)24-18/h4-10H,11-12H2,1-3H3. The molecule has 24 heavy (non-hydrogen) atoms. The van der Waals surface area contributed by atoms with E-state index in [1.807, 2.05) is 25.2 Å². The van der Waals surface area contributed by atoms with E-state index in [0.29, 0.717) is 12.3 Å². The number of nitrogens with zero attached hydrogens (tertiary/aromatic N) is 2. The Morgan fingerprint density at radius 2 is 2.00 bits per heavy atom. The van der Waals surface area contributed by atoms with Crippen LogP contribution in [-0.4, -0.2) is 28.6 Å². The van der Waals surface area contributed by atoms with E-state index in [4.69, 9.17) is 0 Å². The van der Waals surface area contributed by atoms with Crippen molar-refractivity contribution in [2.24, 2.45) is 0 Å². The third kappa shape index (κ3) is 3.97. The Hall–Kier alpha value is -1.85. The zero-order valence-corrected chi connectivity index (χ0v) is 15.7. The predicted molar refractivity (Wildman–Crippen MR) is 103 cm³/mol. The van der Waals surface area contributed by atoms with Crippen LogP contribution < -0.4 is 0 Å². The molecule has 0 bridgehead atoms. The van der Waals surface area contributed by atoms with Gasteiger partial charge in [0.15, 0.2) is 0 Å². The first kappa shape index (κ1) is 17.0. The Balaban J connectivity index is 1.61. The maximum Gasteiger partial charge on any atom is 0.233 e. The van der Waals surface area contributed by atoms with Gasteiger partial charge >= 0.3 is 0 Å². The molecule has 0 unspecified atom stereocenters. The van der Waals surface area contributed by atoms with Crippen LogP contribution in [0.25, 0.3) is 10.2 Å². The number of para-hydroxylation sites is 1. The molecule has 0 saturated heterocycles. The quantitative estimate of drug-likeness (QED) is 0.623. The summed E-state index contributed by atoms with van der Waals surface area (Å²) in [7, 11) is 1.85. The minimum atomic E-state index is 0.125. The van der Waals surface area contributed by atoms with Crippen molar-refractivity contribution >= 4 is 39.2 Å². The van der Waals surface area contributed by atoms with Crippen molar-refractivity contribution in [2.45, 2.75) is 25.3 Å². The van der Waals surface area contributed by atoms with Gasteiger partial charge in [0, 0.05) is 11.9 Å². The summed E-state index contributed by atoms with van der Waals surface area (Å²) in [6.45, 7) is 4.72. The van der Waals surface area contributed by atoms with E-state index in [0.717, 1.165) is 15.2 Å². The molecule has 3 aromatic rings. The fraction of sp³-hybridized carbons (Fsp3) is 0.263. The number of hydrogen-bond acceptors (Lipinski definition) is 4. The van der Waals surface area contributed by atoms with Crippen LogP contribution in [0.3, 0.4) is 0 Å². The highest BCUT2D eigenvalue weighted by atomic mass is 32.2. The molecule has 3 rings (SSSR count). The summed E-state index contributed by atoms with van der Waals surface area (Å²) in [5, 5.41) is 0.976. The molecule has 0 aliphatic rings. The van der Waals surface area contributed by atoms with Gasteiger partial charge in [-0.2, -0.15) is 0 Å². The van der Waals surface area contributed by atoms with Gasteiger partial charge in [0.1, 0.15) is 5.01 Å². The molecule has 0 saturated carbocycles. The first-order chi connectivity index (χ1) is 11.5. The van der Waals surface area contributed by atoms with Gasteiger partial charge < -0.3 is 4.90 Å². The average molecular weight is 357 g/mol. The van der Waals surface area contributed by atoms with Crippen molar-refractivity contribution in [3.8, 4) is 0 Å². The van der Waals surface area contributed by atoms with Gasteiger partial charge in [-0.15, -0.1) is 23.1 Å². The monoisotopic (exact) mass is 356 g/mol. The van der Waals surface area contributed by atoms with Gasteiger partial charge in [-0.3, -0.25) is 4.79 Å². The molecule has 124 valence electrons. The molecule has 1 aromatic heterocycles. The average Bonchev–Trinajstić information content (AvgIpc) is 2.97. The topological polar surface area (TPSA) is 33.2 Å². The number of rotatable bonds is 5. The van der Waals surface area contributed by atoms with Gasteiger partial charge in [0.2, 0.25) is 5.91 Å². The van der Waals surface area contributed by atoms with E-state index in [1.54, 1.807) is 28.0 Å². The van der Waals surface area contributed by atoms with Crippen molar-refractivity contribution in [1.29, 1.82) is 0 Å². The Kier molecular flexibility index (Phi) is 5.21. The second-order valence-corrected chi connectivity index (χ2v) is 8.02. The van der Waals surface area contributed by atoms with E-state index in [9.17, 15) is 4.79 Å². The second kappa shape index (κ2) is 7.36. The molecule has 0 fully saturated rings. The number of fused-ring (bicyclic) bond motifs is 1. The highest BCUT2D eigenvalue weighted by Crippen LogP contribution is 2.25. The zero-order valence-electron chi connectivity index (χ0n) is 14.1. The van der Waals surface area contributed by atoms with Crippen LogP contribution in [0.1, 0.15) is 16.1 Å². The largest absolute Gasteiger partial charge is 0.338 e. The van der Waals surface area contributed by atoms with Gasteiger partial charge in [-0.05, 0) is 37.6 Å². The molecule has 0 atom stereocenters. The highest BCUT2D eigenvalue weighted by Gasteiger charge is 2.13. The lowest BCUT2D eigenvalue weighted by atomic mass is 10.2. The molecule has 1 heterocycles. The van der Waals surface area contributed by atoms with E-state index in [1.165, 1.54) is 16.0 Å². The molecule has 5 heteroatoms. The third-order valence-electron chi connectivity index (χ3n) is 3.83. The summed E-state index contributed by atoms with van der Waals surface area (Å²) in [5.41, 5.74) is 3.44. The van der Waals surface area contributed by atoms with E-state index in [-0.39, 0.29) is 5.91 Å². The summed E-state index contributed by atoms with van der Waals surface area (Å²) in [4.78, 5) is 19.9. The number of thiazole rings is 1. The number of aryl methyl sites for hydroxylation is 2. The van der Waals surface area contributed by atoms with Gasteiger partial charge in [0.05, 0.1) is 22.5 Å². The number of hydrogen-bond donors (Lipinski definition) is 0. The number of benzene rings is 2. The Morgan fingerprint density at radius 3 is 2.79 bits per heavy atom. The normalized spacial score (nSPS) is 11.0. The van der Waals surface area contributed by atoms with Crippen LogP contribution in [0.2, 0.25) is 0 Å². The fourth-order valence-corrected chi connectivity index (χ4v) is 4.48. The minimum absolute atomic E-state index is 0.125. The van der Waals surface area contributed by atoms with Crippen molar-refractivity contribution in [1.82, 2.24) is 9.88 Å². The number of carbonyl (C=O) groups excluding carboxylic acids is 1. The smallest absolute Gasteiger partial charge is 0.233 e. The first-order valence-electron chi connectivity index (χ1n) is 7.81. The summed E-state index contributed by atoms with van der Waals surface area (Å²) in [6.07, 6.45) is 0. The maximum absolute atomic E-state index is 12.4. The minimum Gasteiger partial charge on any atom is -0.338 e. The van der Waals surface area contributed by atoms with Crippen molar-refractivity contribution in [3.63, 3.8) is 0 Å². The highest BCUT2D eigenvalue weighted by molar-refractivity contribution is 8.00. The van der Waals surface area contributed by atoms with Crippen LogP contribution in [0.15, 0.2) is 47.4 Å². The first-order valence-corrected chi connectivity index (χ1v) is 9.61. The number of thioether (sulfide) groups is 1. The van der Waals surface area contributed by atoms with Gasteiger partial charge in [0.25, 0.3) is 0 Å². The number of aromatic nitrogens is 1. The molecular weight excluding hydrogens is 336 g/mol. The maximum atomic E-state index is 12.4. The third-order valence-corrected chi connectivity index (χ3v) is 5.99. The fourth-order valence-electron chi connectivity index (χ4n) is 2.39. The molecule has 0 aliphatic carbocycles. The molecule has 0 spiro atoms. The summed E-state index contributed by atoms with van der Waals surface area (Å²) in [5.74, 6) is 0.575. The molecule has 1 amide bonds. The van der Waals surface area contributed by atoms with Crippen molar-refractivity contribution < 1.29 is 4.79 Å². The summed E-state index contributed by atoms with van der Waals surface area (Å²) >= 11 is 3.26. The van der Waals surface area contributed by atoms with Gasteiger partial charge in [-0.1, -0.05) is 29.8 Å². The molecule has 3 nitrogen and oxygen atoms in total. The summed E-state index contributed by atoms with van der Waals surface area (Å²) in [6, 6.07) is 14.4. The second-order valence-electron chi connectivity index (χ2n) is 5.88. The van der Waals surface area contributed by atoms with Crippen LogP contribution in [0.5, 0.6) is 0 Å². The van der Waals surface area contributed by atoms with Crippen LogP contribution in [0, 0.1) is 13.8 Å². The molecule has 2 aromatic carbocycles. The Morgan fingerprint density at radius 1 is 1.21 bits per heavy atom. The van der Waals surface area contributed by atoms with E-state index in [2.05, 4.69) is 43.1 Å². The molecular formula is C19H20N2OS2. The SMILES string of the molecule is Cc1ccc(C)c(SCC(=O)N(C)Cc2nc3ccccc3s2)c1. The van der Waals surface area contributed by atoms with Crippen LogP contribution in [-0.2, 0) is 11.3 Å². The number of amides is 1. The summed E-state index contributed by atoms with van der Waals surface area (Å²) < 4.78 is 1.16. The van der Waals surface area contributed by atoms with Crippen molar-refractivity contribution in [3.05, 3.63) is 58.6 Å². The van der Waals surface area contributed by atoms with Crippen LogP contribution in [0.4, 0.5) is 0 Å². The molecule has 0 N–H and O–H groups in total. The van der Waals surface area contributed by atoms with Crippen molar-refractivity contribution in [2.75, 3.05) is 12.8 Å². The van der Waals surface area contributed by atoms with Crippen LogP contribution >= 0.6 is 23.1 Å². The lowest BCUT2D eigenvalue weighted by molar-refractivity contribution is -0.127. The lowest BCUT2D eigenvalue weighted by Crippen LogP contribution is -2.27. The van der Waals surface area contributed by atoms with E-state index < -0.39 is 0 Å². The van der Waals surface area contributed by atoms with E-state index >= 15 is 0 Å². The van der Waals surface area contributed by atoms with Gasteiger partial charge in [-0.25, -0.2) is 4.98 Å². The molecule has 0 aliphatic heterocycles. The number of carbonyl (C=O) groups is 1. The lowest BCUT2D eigenvalue weighted by Gasteiger charge is -2.16. The Bertz CT molecular complexity index is 840. The predicted octanol–water partition coefficient (Wildman–Crippen LogP) is 4.66.